The van der Waals surface area contributed by atoms with E-state index < -0.39 is 24.7 Å². The molecule has 0 spiro atoms. The number of hydrogen-bond donors (Lipinski definition) is 1. The molecule has 0 saturated heterocycles. The average Bonchev–Trinajstić information content (AvgIpc) is 2.97. The highest BCUT2D eigenvalue weighted by molar-refractivity contribution is 5.75. The van der Waals surface area contributed by atoms with Gasteiger partial charge < -0.3 is 10.5 Å². The van der Waals surface area contributed by atoms with Crippen LogP contribution in [-0.2, 0) is 9.53 Å². The van der Waals surface area contributed by atoms with Gasteiger partial charge in [0.2, 0.25) is 0 Å². The zero-order valence-corrected chi connectivity index (χ0v) is 9.67. The maximum absolute atomic E-state index is 12.3. The van der Waals surface area contributed by atoms with Crippen LogP contribution in [0.5, 0.6) is 0 Å². The van der Waals surface area contributed by atoms with E-state index in [0.29, 0.717) is 0 Å². The molecule has 1 atom stereocenters. The fourth-order valence-electron chi connectivity index (χ4n) is 1.59. The van der Waals surface area contributed by atoms with Gasteiger partial charge in [-0.2, -0.15) is 13.2 Å². The number of carbonyl (C=O) groups excluding carboxylic acids is 1. The van der Waals surface area contributed by atoms with E-state index in [9.17, 15) is 18.0 Å². The molecule has 1 aliphatic rings. The second-order valence-electron chi connectivity index (χ2n) is 4.13. The van der Waals surface area contributed by atoms with Crippen molar-refractivity contribution in [2.45, 2.75) is 38.0 Å². The lowest BCUT2D eigenvalue weighted by molar-refractivity contribution is -0.154. The van der Waals surface area contributed by atoms with Crippen molar-refractivity contribution >= 4 is 5.97 Å². The van der Waals surface area contributed by atoms with Crippen LogP contribution in [-0.4, -0.2) is 48.8 Å². The quantitative estimate of drug-likeness (QED) is 0.716. The summed E-state index contributed by atoms with van der Waals surface area (Å²) >= 11 is 0. The van der Waals surface area contributed by atoms with Crippen molar-refractivity contribution in [3.63, 3.8) is 0 Å². The first-order valence-corrected chi connectivity index (χ1v) is 5.56. The van der Waals surface area contributed by atoms with Crippen molar-refractivity contribution in [1.82, 2.24) is 4.90 Å². The van der Waals surface area contributed by atoms with Gasteiger partial charge in [0.1, 0.15) is 6.04 Å². The van der Waals surface area contributed by atoms with Crippen molar-refractivity contribution in [3.05, 3.63) is 0 Å². The summed E-state index contributed by atoms with van der Waals surface area (Å²) in [5, 5.41) is 0. The number of halogens is 3. The van der Waals surface area contributed by atoms with Crippen molar-refractivity contribution in [1.29, 1.82) is 0 Å². The normalized spacial score (nSPS) is 18.2. The Morgan fingerprint density at radius 2 is 2.12 bits per heavy atom. The Labute approximate surface area is 97.9 Å². The first-order chi connectivity index (χ1) is 7.83. The second kappa shape index (κ2) is 5.68. The van der Waals surface area contributed by atoms with Gasteiger partial charge in [-0.25, -0.2) is 0 Å². The Balaban J connectivity index is 2.46. The van der Waals surface area contributed by atoms with Crippen LogP contribution in [0.25, 0.3) is 0 Å². The average molecular weight is 254 g/mol. The highest BCUT2D eigenvalue weighted by Crippen LogP contribution is 2.30. The van der Waals surface area contributed by atoms with Crippen LogP contribution in [0.2, 0.25) is 0 Å². The van der Waals surface area contributed by atoms with Crippen LogP contribution in [0.4, 0.5) is 13.2 Å². The molecule has 1 rings (SSSR count). The molecule has 17 heavy (non-hydrogen) atoms. The van der Waals surface area contributed by atoms with Crippen molar-refractivity contribution in [3.8, 4) is 0 Å². The Bertz CT molecular complexity index is 267. The van der Waals surface area contributed by atoms with Gasteiger partial charge in [0, 0.05) is 12.6 Å². The Hall–Kier alpha value is -0.820. The lowest BCUT2D eigenvalue weighted by Gasteiger charge is -2.25. The van der Waals surface area contributed by atoms with E-state index in [1.807, 2.05) is 0 Å². The molecule has 100 valence electrons. The molecule has 7 heteroatoms. The van der Waals surface area contributed by atoms with Crippen LogP contribution in [0.1, 0.15) is 19.8 Å². The summed E-state index contributed by atoms with van der Waals surface area (Å²) in [5.41, 5.74) is 5.51. The lowest BCUT2D eigenvalue weighted by Crippen LogP contribution is -2.47. The van der Waals surface area contributed by atoms with Gasteiger partial charge >= 0.3 is 12.1 Å². The van der Waals surface area contributed by atoms with Gasteiger partial charge in [-0.05, 0) is 19.8 Å². The molecule has 1 saturated carbocycles. The Morgan fingerprint density at radius 1 is 1.53 bits per heavy atom. The molecule has 1 fully saturated rings. The largest absolute Gasteiger partial charge is 0.465 e. The number of ether oxygens (including phenoxy) is 1. The monoisotopic (exact) mass is 254 g/mol. The van der Waals surface area contributed by atoms with E-state index in [1.54, 1.807) is 6.92 Å². The number of nitrogens with zero attached hydrogens (tertiary/aromatic N) is 1. The van der Waals surface area contributed by atoms with Gasteiger partial charge in [0.05, 0.1) is 13.2 Å². The van der Waals surface area contributed by atoms with E-state index in [1.165, 1.54) is 4.90 Å². The fourth-order valence-corrected chi connectivity index (χ4v) is 1.59. The van der Waals surface area contributed by atoms with Crippen LogP contribution in [0.3, 0.4) is 0 Å². The van der Waals surface area contributed by atoms with Crippen LogP contribution in [0.15, 0.2) is 0 Å². The highest BCUT2D eigenvalue weighted by atomic mass is 19.4. The van der Waals surface area contributed by atoms with Gasteiger partial charge in [0.25, 0.3) is 0 Å². The summed E-state index contributed by atoms with van der Waals surface area (Å²) in [6, 6.07) is -1.12. The third-order valence-corrected chi connectivity index (χ3v) is 2.47. The van der Waals surface area contributed by atoms with Crippen molar-refractivity contribution < 1.29 is 22.7 Å². The molecule has 2 N–H and O–H groups in total. The smallest absolute Gasteiger partial charge is 0.401 e. The Kier molecular flexibility index (Phi) is 4.76. The first kappa shape index (κ1) is 14.2. The first-order valence-electron chi connectivity index (χ1n) is 5.56. The van der Waals surface area contributed by atoms with E-state index in [0.717, 1.165) is 12.8 Å². The molecule has 0 aromatic rings. The molecule has 1 aliphatic carbocycles. The van der Waals surface area contributed by atoms with Crippen molar-refractivity contribution in [2.24, 2.45) is 5.73 Å². The predicted molar refractivity (Wildman–Crippen MR) is 55.3 cm³/mol. The zero-order valence-electron chi connectivity index (χ0n) is 9.67. The van der Waals surface area contributed by atoms with E-state index in [2.05, 4.69) is 4.74 Å². The number of nitrogens with two attached hydrogens (primary N) is 1. The minimum Gasteiger partial charge on any atom is -0.465 e. The molecule has 0 radical (unpaired) electrons. The number of esters is 1. The maximum atomic E-state index is 12.3. The number of carbonyl (C=O) groups is 1. The molecule has 1 unspecified atom stereocenters. The molecule has 0 amide bonds. The Morgan fingerprint density at radius 3 is 2.53 bits per heavy atom. The van der Waals surface area contributed by atoms with Crippen LogP contribution >= 0.6 is 0 Å². The number of alkyl halides is 3. The van der Waals surface area contributed by atoms with Gasteiger partial charge in [-0.15, -0.1) is 0 Å². The molecule has 0 bridgehead atoms. The highest BCUT2D eigenvalue weighted by Gasteiger charge is 2.39. The molecule has 0 aromatic carbocycles. The maximum Gasteiger partial charge on any atom is 0.401 e. The third kappa shape index (κ3) is 5.36. The molecule has 0 heterocycles. The zero-order chi connectivity index (χ0) is 13.1. The van der Waals surface area contributed by atoms with Gasteiger partial charge in [-0.1, -0.05) is 0 Å². The summed E-state index contributed by atoms with van der Waals surface area (Å²) in [5.74, 6) is -0.652. The topological polar surface area (TPSA) is 55.6 Å². The second-order valence-corrected chi connectivity index (χ2v) is 4.13. The molecular weight excluding hydrogens is 237 g/mol. The number of rotatable bonds is 6. The number of hydrogen-bond acceptors (Lipinski definition) is 4. The predicted octanol–water partition coefficient (Wildman–Crippen LogP) is 0.904. The summed E-state index contributed by atoms with van der Waals surface area (Å²) in [6.07, 6.45) is -2.81. The summed E-state index contributed by atoms with van der Waals surface area (Å²) in [6.45, 7) is 0.669. The fraction of sp³-hybridized carbons (Fsp3) is 0.900. The SMILES string of the molecule is CCOC(=O)C(N)CN(CC(F)(F)F)C1CC1. The molecule has 0 aliphatic heterocycles. The lowest BCUT2D eigenvalue weighted by atomic mass is 10.2. The standard InChI is InChI=1S/C10H17F3N2O2/c1-2-17-9(16)8(14)5-15(7-3-4-7)6-10(11,12)13/h7-8H,2-6,14H2,1H3. The summed E-state index contributed by atoms with van der Waals surface area (Å²) in [4.78, 5) is 12.4. The van der Waals surface area contributed by atoms with E-state index in [4.69, 9.17) is 5.73 Å². The third-order valence-electron chi connectivity index (χ3n) is 2.47. The minimum absolute atomic E-state index is 0.0999. The van der Waals surface area contributed by atoms with Crippen LogP contribution < -0.4 is 5.73 Å². The summed E-state index contributed by atoms with van der Waals surface area (Å²) in [7, 11) is 0. The summed E-state index contributed by atoms with van der Waals surface area (Å²) < 4.78 is 41.5. The van der Waals surface area contributed by atoms with Crippen LogP contribution in [0, 0.1) is 0 Å². The van der Waals surface area contributed by atoms with E-state index in [-0.39, 0.29) is 19.2 Å². The molecule has 4 nitrogen and oxygen atoms in total. The van der Waals surface area contributed by atoms with E-state index >= 15 is 0 Å². The molecule has 0 aromatic heterocycles. The van der Waals surface area contributed by atoms with Gasteiger partial charge in [-0.3, -0.25) is 9.69 Å². The molecular formula is C10H17F3N2O2. The minimum atomic E-state index is -4.27. The van der Waals surface area contributed by atoms with Crippen molar-refractivity contribution in [2.75, 3.05) is 19.7 Å². The van der Waals surface area contributed by atoms with Gasteiger partial charge in [0.15, 0.2) is 0 Å².